The topological polar surface area (TPSA) is 17.1 Å². The van der Waals surface area contributed by atoms with Crippen LogP contribution in [0.15, 0.2) is 18.2 Å². The Balaban J connectivity index is 3.15. The highest BCUT2D eigenvalue weighted by Gasteiger charge is 2.39. The lowest BCUT2D eigenvalue weighted by molar-refractivity contribution is -0.0885. The molecule has 0 spiro atoms. The SMILES string of the molecule is O=C(c1cc(Cl)cc(CI)c1)C(F)(F)F. The number of hydrogen-bond acceptors (Lipinski definition) is 1. The van der Waals surface area contributed by atoms with Gasteiger partial charge in [0.15, 0.2) is 0 Å². The number of Topliss-reactive ketones (excluding diaryl/α,β-unsaturated/α-hetero) is 1. The number of halogens is 5. The van der Waals surface area contributed by atoms with Crippen LogP contribution in [0.2, 0.25) is 5.02 Å². The summed E-state index contributed by atoms with van der Waals surface area (Å²) in [4.78, 5) is 10.9. The highest BCUT2D eigenvalue weighted by atomic mass is 127. The first-order valence-corrected chi connectivity index (χ1v) is 5.72. The molecular formula is C9H5ClF3IO. The zero-order chi connectivity index (χ0) is 11.6. The van der Waals surface area contributed by atoms with Crippen molar-refractivity contribution in [2.75, 3.05) is 0 Å². The quantitative estimate of drug-likeness (QED) is 0.448. The van der Waals surface area contributed by atoms with E-state index in [4.69, 9.17) is 11.6 Å². The maximum atomic E-state index is 12.1. The van der Waals surface area contributed by atoms with E-state index >= 15 is 0 Å². The van der Waals surface area contributed by atoms with Gasteiger partial charge in [-0.1, -0.05) is 34.2 Å². The molecule has 15 heavy (non-hydrogen) atoms. The van der Waals surface area contributed by atoms with E-state index in [0.717, 1.165) is 6.07 Å². The van der Waals surface area contributed by atoms with Crippen molar-refractivity contribution < 1.29 is 18.0 Å². The van der Waals surface area contributed by atoms with Crippen LogP contribution < -0.4 is 0 Å². The molecule has 0 amide bonds. The van der Waals surface area contributed by atoms with E-state index in [9.17, 15) is 18.0 Å². The average molecular weight is 348 g/mol. The van der Waals surface area contributed by atoms with Crippen LogP contribution in [0.4, 0.5) is 13.2 Å². The third-order valence-electron chi connectivity index (χ3n) is 1.63. The van der Waals surface area contributed by atoms with Gasteiger partial charge in [-0.25, -0.2) is 0 Å². The molecule has 1 aromatic rings. The highest BCUT2D eigenvalue weighted by Crippen LogP contribution is 2.25. The molecule has 1 rings (SSSR count). The number of alkyl halides is 4. The molecule has 0 fully saturated rings. The highest BCUT2D eigenvalue weighted by molar-refractivity contribution is 14.1. The summed E-state index contributed by atoms with van der Waals surface area (Å²) in [6.45, 7) is 0. The lowest BCUT2D eigenvalue weighted by Crippen LogP contribution is -2.22. The molecule has 0 unspecified atom stereocenters. The predicted molar refractivity (Wildman–Crippen MR) is 59.6 cm³/mol. The minimum Gasteiger partial charge on any atom is -0.284 e. The fourth-order valence-corrected chi connectivity index (χ4v) is 1.72. The third kappa shape index (κ3) is 3.34. The van der Waals surface area contributed by atoms with E-state index < -0.39 is 17.5 Å². The fraction of sp³-hybridized carbons (Fsp3) is 0.222. The van der Waals surface area contributed by atoms with Crippen molar-refractivity contribution in [2.45, 2.75) is 10.6 Å². The van der Waals surface area contributed by atoms with Crippen LogP contribution in [0, 0.1) is 0 Å². The summed E-state index contributed by atoms with van der Waals surface area (Å²) in [7, 11) is 0. The predicted octanol–water partition coefficient (Wildman–Crippen LogP) is 4.02. The first kappa shape index (κ1) is 12.8. The summed E-state index contributed by atoms with van der Waals surface area (Å²) < 4.78 is 36.8. The molecule has 82 valence electrons. The molecule has 1 aromatic carbocycles. The number of hydrogen-bond donors (Lipinski definition) is 0. The summed E-state index contributed by atoms with van der Waals surface area (Å²) in [6.07, 6.45) is -4.85. The van der Waals surface area contributed by atoms with Gasteiger partial charge in [0.1, 0.15) is 0 Å². The molecule has 6 heteroatoms. The van der Waals surface area contributed by atoms with Crippen molar-refractivity contribution in [3.63, 3.8) is 0 Å². The van der Waals surface area contributed by atoms with Gasteiger partial charge in [-0.05, 0) is 23.8 Å². The second-order valence-electron chi connectivity index (χ2n) is 2.81. The summed E-state index contributed by atoms with van der Waals surface area (Å²) in [5, 5.41) is 0.136. The number of benzene rings is 1. The lowest BCUT2D eigenvalue weighted by atomic mass is 10.1. The van der Waals surface area contributed by atoms with Crippen molar-refractivity contribution in [1.82, 2.24) is 0 Å². The van der Waals surface area contributed by atoms with Gasteiger partial charge in [-0.2, -0.15) is 13.2 Å². The molecule has 0 aliphatic heterocycles. The van der Waals surface area contributed by atoms with E-state index in [0.29, 0.717) is 9.99 Å². The zero-order valence-electron chi connectivity index (χ0n) is 7.24. The van der Waals surface area contributed by atoms with Crippen LogP contribution in [0.5, 0.6) is 0 Å². The van der Waals surface area contributed by atoms with Gasteiger partial charge in [0.2, 0.25) is 0 Å². The van der Waals surface area contributed by atoms with Gasteiger partial charge in [0.05, 0.1) is 0 Å². The van der Waals surface area contributed by atoms with E-state index in [1.807, 2.05) is 22.6 Å². The van der Waals surface area contributed by atoms with Gasteiger partial charge in [-0.15, -0.1) is 0 Å². The molecule has 0 aromatic heterocycles. The van der Waals surface area contributed by atoms with Crippen molar-refractivity contribution in [1.29, 1.82) is 0 Å². The van der Waals surface area contributed by atoms with E-state index in [-0.39, 0.29) is 5.02 Å². The van der Waals surface area contributed by atoms with Crippen molar-refractivity contribution in [3.8, 4) is 0 Å². The first-order chi connectivity index (χ1) is 6.84. The Labute approximate surface area is 103 Å². The summed E-state index contributed by atoms with van der Waals surface area (Å²) >= 11 is 7.58. The molecule has 0 aliphatic carbocycles. The second-order valence-corrected chi connectivity index (χ2v) is 4.01. The van der Waals surface area contributed by atoms with Crippen LogP contribution in [0.25, 0.3) is 0 Å². The lowest BCUT2D eigenvalue weighted by Gasteiger charge is -2.06. The molecule has 0 saturated carbocycles. The number of carbonyl (C=O) groups excluding carboxylic acids is 1. The maximum absolute atomic E-state index is 12.1. The van der Waals surface area contributed by atoms with Gasteiger partial charge in [0, 0.05) is 15.0 Å². The Morgan fingerprint density at radius 1 is 1.33 bits per heavy atom. The molecule has 1 nitrogen and oxygen atoms in total. The normalized spacial score (nSPS) is 11.5. The monoisotopic (exact) mass is 348 g/mol. The van der Waals surface area contributed by atoms with E-state index in [1.165, 1.54) is 12.1 Å². The van der Waals surface area contributed by atoms with Crippen LogP contribution in [0.3, 0.4) is 0 Å². The van der Waals surface area contributed by atoms with Crippen LogP contribution in [-0.2, 0) is 4.43 Å². The van der Waals surface area contributed by atoms with Gasteiger partial charge in [0.25, 0.3) is 5.78 Å². The van der Waals surface area contributed by atoms with Gasteiger partial charge < -0.3 is 0 Å². The number of rotatable bonds is 2. The summed E-state index contributed by atoms with van der Waals surface area (Å²) in [5.41, 5.74) is 0.178. The Kier molecular flexibility index (Phi) is 3.99. The Morgan fingerprint density at radius 3 is 2.40 bits per heavy atom. The van der Waals surface area contributed by atoms with Crippen molar-refractivity contribution >= 4 is 40.0 Å². The second kappa shape index (κ2) is 4.69. The zero-order valence-corrected chi connectivity index (χ0v) is 10.2. The Bertz CT molecular complexity index is 389. The largest absolute Gasteiger partial charge is 0.454 e. The third-order valence-corrected chi connectivity index (χ3v) is 2.73. The standard InChI is InChI=1S/C9H5ClF3IO/c10-7-2-5(4-14)1-6(3-7)8(15)9(11,12)13/h1-3H,4H2. The average Bonchev–Trinajstić information content (AvgIpc) is 2.14. The van der Waals surface area contributed by atoms with Crippen LogP contribution >= 0.6 is 34.2 Å². The molecular weight excluding hydrogens is 343 g/mol. The summed E-state index contributed by atoms with van der Waals surface area (Å²) in [6, 6.07) is 3.75. The minimum absolute atomic E-state index is 0.136. The van der Waals surface area contributed by atoms with Gasteiger partial charge in [-0.3, -0.25) is 4.79 Å². The first-order valence-electron chi connectivity index (χ1n) is 3.81. The molecule has 0 radical (unpaired) electrons. The van der Waals surface area contributed by atoms with Crippen LogP contribution in [-0.4, -0.2) is 12.0 Å². The van der Waals surface area contributed by atoms with Crippen molar-refractivity contribution in [2.24, 2.45) is 0 Å². The molecule has 0 atom stereocenters. The molecule has 0 N–H and O–H groups in total. The molecule has 0 saturated heterocycles. The smallest absolute Gasteiger partial charge is 0.284 e. The Hall–Kier alpha value is -0.300. The summed E-state index contributed by atoms with van der Waals surface area (Å²) in [5.74, 6) is -1.86. The van der Waals surface area contributed by atoms with E-state index in [1.54, 1.807) is 0 Å². The number of ketones is 1. The maximum Gasteiger partial charge on any atom is 0.454 e. The fourth-order valence-electron chi connectivity index (χ4n) is 1.02. The minimum atomic E-state index is -4.85. The van der Waals surface area contributed by atoms with Gasteiger partial charge >= 0.3 is 6.18 Å². The molecule has 0 heterocycles. The van der Waals surface area contributed by atoms with E-state index in [2.05, 4.69) is 0 Å². The Morgan fingerprint density at radius 2 is 1.93 bits per heavy atom. The molecule has 0 aliphatic rings. The van der Waals surface area contributed by atoms with Crippen LogP contribution in [0.1, 0.15) is 15.9 Å². The van der Waals surface area contributed by atoms with Crippen molar-refractivity contribution in [3.05, 3.63) is 34.3 Å². The molecule has 0 bridgehead atoms. The number of carbonyl (C=O) groups is 1.